The Labute approximate surface area is 171 Å². The maximum absolute atomic E-state index is 5.73. The lowest BCUT2D eigenvalue weighted by molar-refractivity contribution is 0.173. The number of hydrogen-bond donors (Lipinski definition) is 2. The Morgan fingerprint density at radius 2 is 1.92 bits per heavy atom. The lowest BCUT2D eigenvalue weighted by Crippen LogP contribution is -2.40. The van der Waals surface area contributed by atoms with E-state index < -0.39 is 0 Å². The number of guanidine groups is 1. The van der Waals surface area contributed by atoms with Gasteiger partial charge >= 0.3 is 0 Å². The standard InChI is InChI=1S/C19H23N3O3.HI/c1-14(15-6-4-3-5-7-15)22-19(20-2)21-10-11-23-16-8-9-17-18(12-16)25-13-24-17;/h3-9,12,14H,10-11,13H2,1-2H3,(H2,20,21,22);1H. The van der Waals surface area contributed by atoms with Crippen molar-refractivity contribution in [1.29, 1.82) is 0 Å². The van der Waals surface area contributed by atoms with Crippen LogP contribution < -0.4 is 24.8 Å². The number of nitrogens with one attached hydrogen (secondary N) is 2. The Hall–Kier alpha value is -2.16. The lowest BCUT2D eigenvalue weighted by Gasteiger charge is -2.18. The fraction of sp³-hybridized carbons (Fsp3) is 0.316. The number of aliphatic imine (C=N–C) groups is 1. The van der Waals surface area contributed by atoms with Crippen molar-refractivity contribution in [2.24, 2.45) is 4.99 Å². The number of rotatable bonds is 6. The summed E-state index contributed by atoms with van der Waals surface area (Å²) in [5.74, 6) is 2.97. The van der Waals surface area contributed by atoms with E-state index in [1.807, 2.05) is 36.4 Å². The van der Waals surface area contributed by atoms with Crippen molar-refractivity contribution >= 4 is 29.9 Å². The molecule has 0 saturated heterocycles. The van der Waals surface area contributed by atoms with Crippen LogP contribution in [0.25, 0.3) is 0 Å². The first-order valence-electron chi connectivity index (χ1n) is 8.31. The van der Waals surface area contributed by atoms with E-state index in [2.05, 4.69) is 34.7 Å². The number of ether oxygens (including phenoxy) is 3. The molecule has 0 amide bonds. The molecule has 0 saturated carbocycles. The van der Waals surface area contributed by atoms with Crippen LogP contribution in [0.3, 0.4) is 0 Å². The average Bonchev–Trinajstić information content (AvgIpc) is 3.12. The minimum atomic E-state index is 0. The minimum absolute atomic E-state index is 0. The van der Waals surface area contributed by atoms with Gasteiger partial charge in [0.05, 0.1) is 12.6 Å². The molecule has 0 aliphatic carbocycles. The molecule has 2 aromatic rings. The molecular weight excluding hydrogens is 445 g/mol. The summed E-state index contributed by atoms with van der Waals surface area (Å²) in [6.45, 7) is 3.52. The Bertz CT molecular complexity index is 725. The van der Waals surface area contributed by atoms with Gasteiger partial charge in [-0.05, 0) is 24.6 Å². The third-order valence-electron chi connectivity index (χ3n) is 3.88. The smallest absolute Gasteiger partial charge is 0.231 e. The molecule has 0 fully saturated rings. The van der Waals surface area contributed by atoms with Crippen LogP contribution in [0.1, 0.15) is 18.5 Å². The highest BCUT2D eigenvalue weighted by molar-refractivity contribution is 14.0. The van der Waals surface area contributed by atoms with Crippen molar-refractivity contribution in [3.05, 3.63) is 54.1 Å². The van der Waals surface area contributed by atoms with E-state index in [4.69, 9.17) is 14.2 Å². The topological polar surface area (TPSA) is 64.1 Å². The van der Waals surface area contributed by atoms with E-state index in [-0.39, 0.29) is 36.8 Å². The second-order valence-electron chi connectivity index (χ2n) is 5.64. The van der Waals surface area contributed by atoms with E-state index in [1.165, 1.54) is 5.56 Å². The molecule has 0 radical (unpaired) electrons. The van der Waals surface area contributed by atoms with Gasteiger partial charge in [0.1, 0.15) is 12.4 Å². The molecule has 1 unspecified atom stereocenters. The molecule has 140 valence electrons. The molecule has 7 heteroatoms. The first-order valence-corrected chi connectivity index (χ1v) is 8.31. The lowest BCUT2D eigenvalue weighted by atomic mass is 10.1. The second-order valence-corrected chi connectivity index (χ2v) is 5.64. The molecule has 6 nitrogen and oxygen atoms in total. The van der Waals surface area contributed by atoms with Gasteiger partial charge in [-0.3, -0.25) is 4.99 Å². The van der Waals surface area contributed by atoms with Crippen LogP contribution in [0.4, 0.5) is 0 Å². The molecule has 1 heterocycles. The third kappa shape index (κ3) is 5.42. The van der Waals surface area contributed by atoms with Crippen LogP contribution in [-0.2, 0) is 0 Å². The van der Waals surface area contributed by atoms with Crippen molar-refractivity contribution in [3.8, 4) is 17.2 Å². The number of benzene rings is 2. The van der Waals surface area contributed by atoms with Crippen LogP contribution in [0.15, 0.2) is 53.5 Å². The van der Waals surface area contributed by atoms with Crippen LogP contribution in [0.5, 0.6) is 17.2 Å². The van der Waals surface area contributed by atoms with Crippen molar-refractivity contribution in [1.82, 2.24) is 10.6 Å². The Morgan fingerprint density at radius 1 is 1.15 bits per heavy atom. The van der Waals surface area contributed by atoms with Crippen LogP contribution >= 0.6 is 24.0 Å². The van der Waals surface area contributed by atoms with Crippen molar-refractivity contribution in [2.45, 2.75) is 13.0 Å². The Kier molecular flexibility index (Phi) is 7.83. The van der Waals surface area contributed by atoms with E-state index in [9.17, 15) is 0 Å². The highest BCUT2D eigenvalue weighted by Gasteiger charge is 2.13. The second kappa shape index (κ2) is 10.1. The Balaban J connectivity index is 0.00000243. The van der Waals surface area contributed by atoms with E-state index >= 15 is 0 Å². The summed E-state index contributed by atoms with van der Waals surface area (Å²) >= 11 is 0. The summed E-state index contributed by atoms with van der Waals surface area (Å²) in [6.07, 6.45) is 0. The number of nitrogens with zero attached hydrogens (tertiary/aromatic N) is 1. The average molecular weight is 469 g/mol. The zero-order valence-electron chi connectivity index (χ0n) is 14.9. The van der Waals surface area contributed by atoms with E-state index in [0.717, 1.165) is 23.2 Å². The van der Waals surface area contributed by atoms with Crippen LogP contribution in [0, 0.1) is 0 Å². The van der Waals surface area contributed by atoms with Gasteiger partial charge in [-0.15, -0.1) is 24.0 Å². The predicted molar refractivity (Wildman–Crippen MR) is 113 cm³/mol. The van der Waals surface area contributed by atoms with Crippen LogP contribution in [-0.4, -0.2) is 33.0 Å². The molecule has 26 heavy (non-hydrogen) atoms. The maximum atomic E-state index is 5.73. The van der Waals surface area contributed by atoms with Gasteiger partial charge in [0.25, 0.3) is 0 Å². The molecule has 2 aromatic carbocycles. The van der Waals surface area contributed by atoms with Gasteiger partial charge in [-0.1, -0.05) is 30.3 Å². The van der Waals surface area contributed by atoms with Gasteiger partial charge in [0, 0.05) is 13.1 Å². The third-order valence-corrected chi connectivity index (χ3v) is 3.88. The summed E-state index contributed by atoms with van der Waals surface area (Å²) in [5.41, 5.74) is 1.21. The molecule has 1 aliphatic heterocycles. The molecule has 0 aromatic heterocycles. The first-order chi connectivity index (χ1) is 12.3. The maximum Gasteiger partial charge on any atom is 0.231 e. The summed E-state index contributed by atoms with van der Waals surface area (Å²) in [6, 6.07) is 16.0. The highest BCUT2D eigenvalue weighted by Crippen LogP contribution is 2.34. The minimum Gasteiger partial charge on any atom is -0.492 e. The summed E-state index contributed by atoms with van der Waals surface area (Å²) < 4.78 is 16.4. The molecule has 1 aliphatic rings. The number of hydrogen-bond acceptors (Lipinski definition) is 4. The zero-order chi connectivity index (χ0) is 17.5. The van der Waals surface area contributed by atoms with E-state index in [0.29, 0.717) is 13.2 Å². The van der Waals surface area contributed by atoms with E-state index in [1.54, 1.807) is 7.05 Å². The summed E-state index contributed by atoms with van der Waals surface area (Å²) in [7, 11) is 1.76. The molecule has 2 N–H and O–H groups in total. The largest absolute Gasteiger partial charge is 0.492 e. The SMILES string of the molecule is CN=C(NCCOc1ccc2c(c1)OCO2)NC(C)c1ccccc1.I. The summed E-state index contributed by atoms with van der Waals surface area (Å²) in [4.78, 5) is 4.25. The fourth-order valence-electron chi connectivity index (χ4n) is 2.53. The Morgan fingerprint density at radius 3 is 2.69 bits per heavy atom. The molecule has 1 atom stereocenters. The normalized spacial score (nSPS) is 13.5. The zero-order valence-corrected chi connectivity index (χ0v) is 17.2. The van der Waals surface area contributed by atoms with Crippen molar-refractivity contribution < 1.29 is 14.2 Å². The highest BCUT2D eigenvalue weighted by atomic mass is 127. The molecule has 0 bridgehead atoms. The summed E-state index contributed by atoms with van der Waals surface area (Å²) in [5, 5.41) is 6.61. The first kappa shape index (κ1) is 20.2. The van der Waals surface area contributed by atoms with Gasteiger partial charge in [0.15, 0.2) is 17.5 Å². The molecule has 0 spiro atoms. The van der Waals surface area contributed by atoms with Crippen LogP contribution in [0.2, 0.25) is 0 Å². The van der Waals surface area contributed by atoms with Gasteiger partial charge in [0.2, 0.25) is 6.79 Å². The van der Waals surface area contributed by atoms with Gasteiger partial charge < -0.3 is 24.8 Å². The quantitative estimate of drug-likeness (QED) is 0.294. The number of fused-ring (bicyclic) bond motifs is 1. The molecule has 3 rings (SSSR count). The predicted octanol–water partition coefficient (Wildman–Crippen LogP) is 3.34. The molecular formula is C19H24IN3O3. The van der Waals surface area contributed by atoms with Gasteiger partial charge in [-0.2, -0.15) is 0 Å². The fourth-order valence-corrected chi connectivity index (χ4v) is 2.53. The monoisotopic (exact) mass is 469 g/mol. The van der Waals surface area contributed by atoms with Gasteiger partial charge in [-0.25, -0.2) is 0 Å². The number of halogens is 1. The van der Waals surface area contributed by atoms with Crippen molar-refractivity contribution in [3.63, 3.8) is 0 Å². The van der Waals surface area contributed by atoms with Crippen molar-refractivity contribution in [2.75, 3.05) is 27.0 Å².